The van der Waals surface area contributed by atoms with Gasteiger partial charge in [0, 0.05) is 33.1 Å². The monoisotopic (exact) mass is 431 g/mol. The van der Waals surface area contributed by atoms with Gasteiger partial charge in [-0.2, -0.15) is 4.98 Å². The average molecular weight is 432 g/mol. The molecule has 168 valence electrons. The van der Waals surface area contributed by atoms with E-state index < -0.39 is 5.82 Å². The van der Waals surface area contributed by atoms with Gasteiger partial charge in [-0.25, -0.2) is 9.37 Å². The number of carbonyl (C=O) groups excluding carboxylic acids is 1. The van der Waals surface area contributed by atoms with Crippen LogP contribution in [0.3, 0.4) is 0 Å². The highest BCUT2D eigenvalue weighted by Crippen LogP contribution is 2.26. The second-order valence-corrected chi connectivity index (χ2v) is 8.09. The third kappa shape index (κ3) is 5.61. The van der Waals surface area contributed by atoms with Crippen molar-refractivity contribution in [2.75, 3.05) is 43.6 Å². The standard InChI is InChI=1S/C22H30FN5O3/c1-14(13-29)25-21(30)15(2)16-5-7-17(8-6-16)31-18-9-10-28(12-18)20-19(23)11-24-22(26-20)27(3)4/h5-8,11,14-15,18,29H,9-10,12-13H2,1-4H3,(H,25,30)/t14?,15?,18-/m1/s1. The number of anilines is 2. The normalized spacial score (nSPS) is 17.9. The molecule has 1 fully saturated rings. The molecule has 0 saturated carbocycles. The number of nitrogens with one attached hydrogen (secondary N) is 1. The quantitative estimate of drug-likeness (QED) is 0.660. The van der Waals surface area contributed by atoms with Crippen molar-refractivity contribution >= 4 is 17.7 Å². The molecule has 2 aromatic rings. The van der Waals surface area contributed by atoms with Gasteiger partial charge in [0.2, 0.25) is 11.9 Å². The maximum atomic E-state index is 14.3. The molecule has 31 heavy (non-hydrogen) atoms. The summed E-state index contributed by atoms with van der Waals surface area (Å²) in [7, 11) is 3.63. The molecule has 1 aromatic carbocycles. The van der Waals surface area contributed by atoms with E-state index in [1.807, 2.05) is 50.2 Å². The van der Waals surface area contributed by atoms with Gasteiger partial charge < -0.3 is 25.0 Å². The zero-order valence-electron chi connectivity index (χ0n) is 18.4. The number of amides is 1. The predicted molar refractivity (Wildman–Crippen MR) is 117 cm³/mol. The predicted octanol–water partition coefficient (Wildman–Crippen LogP) is 1.94. The minimum absolute atomic E-state index is 0.0888. The molecule has 0 bridgehead atoms. The smallest absolute Gasteiger partial charge is 0.227 e. The largest absolute Gasteiger partial charge is 0.489 e. The van der Waals surface area contributed by atoms with Gasteiger partial charge in [-0.15, -0.1) is 0 Å². The van der Waals surface area contributed by atoms with E-state index in [1.165, 1.54) is 6.20 Å². The Hall–Kier alpha value is -2.94. The lowest BCUT2D eigenvalue weighted by atomic mass is 10.00. The van der Waals surface area contributed by atoms with Crippen molar-refractivity contribution in [3.63, 3.8) is 0 Å². The van der Waals surface area contributed by atoms with Gasteiger partial charge in [0.25, 0.3) is 0 Å². The molecule has 3 rings (SSSR count). The van der Waals surface area contributed by atoms with Crippen molar-refractivity contribution in [2.24, 2.45) is 0 Å². The van der Waals surface area contributed by atoms with Crippen LogP contribution in [0.1, 0.15) is 31.7 Å². The molecule has 0 spiro atoms. The highest BCUT2D eigenvalue weighted by atomic mass is 19.1. The average Bonchev–Trinajstić information content (AvgIpc) is 3.21. The molecule has 9 heteroatoms. The first-order chi connectivity index (χ1) is 14.8. The van der Waals surface area contributed by atoms with Crippen LogP contribution in [-0.2, 0) is 4.79 Å². The number of hydrogen-bond acceptors (Lipinski definition) is 7. The molecule has 2 N–H and O–H groups in total. The Kier molecular flexibility index (Phi) is 7.27. The van der Waals surface area contributed by atoms with Crippen LogP contribution in [0.15, 0.2) is 30.5 Å². The number of hydrogen-bond donors (Lipinski definition) is 2. The molecular formula is C22H30FN5O3. The van der Waals surface area contributed by atoms with Crippen molar-refractivity contribution in [1.29, 1.82) is 0 Å². The number of benzene rings is 1. The summed E-state index contributed by atoms with van der Waals surface area (Å²) in [5, 5.41) is 11.9. The molecule has 8 nitrogen and oxygen atoms in total. The van der Waals surface area contributed by atoms with Gasteiger partial charge in [0.05, 0.1) is 25.3 Å². The SMILES string of the molecule is CC(CO)NC(=O)C(C)c1ccc(O[C@@H]2CCN(c3nc(N(C)C)ncc3F)C2)cc1. The molecule has 1 aromatic heterocycles. The Labute approximate surface area is 182 Å². The fraction of sp³-hybridized carbons (Fsp3) is 0.500. The van der Waals surface area contributed by atoms with Crippen LogP contribution in [0.2, 0.25) is 0 Å². The van der Waals surface area contributed by atoms with E-state index in [1.54, 1.807) is 11.8 Å². The van der Waals surface area contributed by atoms with Gasteiger partial charge in [-0.3, -0.25) is 4.79 Å². The number of aliphatic hydroxyl groups excluding tert-OH is 1. The Bertz CT molecular complexity index is 893. The van der Waals surface area contributed by atoms with Crippen LogP contribution in [-0.4, -0.2) is 66.9 Å². The molecule has 2 heterocycles. The molecule has 2 unspecified atom stereocenters. The fourth-order valence-electron chi connectivity index (χ4n) is 3.40. The molecule has 1 amide bonds. The molecule has 0 radical (unpaired) electrons. The highest BCUT2D eigenvalue weighted by molar-refractivity contribution is 5.83. The molecular weight excluding hydrogens is 401 g/mol. The first-order valence-electron chi connectivity index (χ1n) is 10.4. The minimum Gasteiger partial charge on any atom is -0.489 e. The molecule has 3 atom stereocenters. The van der Waals surface area contributed by atoms with Crippen LogP contribution in [0.5, 0.6) is 5.75 Å². The molecule has 1 saturated heterocycles. The first-order valence-corrected chi connectivity index (χ1v) is 10.4. The number of carbonyl (C=O) groups is 1. The number of aliphatic hydroxyl groups is 1. The van der Waals surface area contributed by atoms with Gasteiger partial charge in [-0.1, -0.05) is 12.1 Å². The van der Waals surface area contributed by atoms with Crippen LogP contribution < -0.4 is 19.9 Å². The lowest BCUT2D eigenvalue weighted by Gasteiger charge is -2.20. The summed E-state index contributed by atoms with van der Waals surface area (Å²) in [6.07, 6.45) is 1.86. The Morgan fingerprint density at radius 3 is 2.71 bits per heavy atom. The number of nitrogens with zero attached hydrogens (tertiary/aromatic N) is 4. The number of aromatic nitrogens is 2. The highest BCUT2D eigenvalue weighted by Gasteiger charge is 2.28. The lowest BCUT2D eigenvalue weighted by molar-refractivity contribution is -0.123. The summed E-state index contributed by atoms with van der Waals surface area (Å²) in [5.41, 5.74) is 0.863. The van der Waals surface area contributed by atoms with Crippen molar-refractivity contribution in [2.45, 2.75) is 38.3 Å². The van der Waals surface area contributed by atoms with E-state index in [-0.39, 0.29) is 36.4 Å². The van der Waals surface area contributed by atoms with E-state index in [0.717, 1.165) is 12.0 Å². The summed E-state index contributed by atoms with van der Waals surface area (Å²) >= 11 is 0. The third-order valence-electron chi connectivity index (χ3n) is 5.30. The summed E-state index contributed by atoms with van der Waals surface area (Å²) in [5.74, 6) is 0.532. The number of rotatable bonds is 8. The second-order valence-electron chi connectivity index (χ2n) is 8.09. The summed E-state index contributed by atoms with van der Waals surface area (Å²) < 4.78 is 20.3. The minimum atomic E-state index is -0.446. The van der Waals surface area contributed by atoms with E-state index in [9.17, 15) is 9.18 Å². The van der Waals surface area contributed by atoms with Crippen molar-refractivity contribution < 1.29 is 19.0 Å². The topological polar surface area (TPSA) is 90.8 Å². The Morgan fingerprint density at radius 1 is 1.35 bits per heavy atom. The van der Waals surface area contributed by atoms with Gasteiger partial charge >= 0.3 is 0 Å². The van der Waals surface area contributed by atoms with Crippen LogP contribution >= 0.6 is 0 Å². The number of ether oxygens (including phenoxy) is 1. The maximum absolute atomic E-state index is 14.3. The van der Waals surface area contributed by atoms with Crippen molar-refractivity contribution in [3.05, 3.63) is 41.8 Å². The van der Waals surface area contributed by atoms with Gasteiger partial charge in [-0.05, 0) is 31.5 Å². The van der Waals surface area contributed by atoms with E-state index >= 15 is 0 Å². The fourth-order valence-corrected chi connectivity index (χ4v) is 3.40. The van der Waals surface area contributed by atoms with Gasteiger partial charge in [0.1, 0.15) is 11.9 Å². The lowest BCUT2D eigenvalue weighted by Crippen LogP contribution is -2.37. The van der Waals surface area contributed by atoms with Crippen LogP contribution in [0.4, 0.5) is 16.2 Å². The first kappa shape index (κ1) is 22.7. The van der Waals surface area contributed by atoms with Crippen LogP contribution in [0.25, 0.3) is 0 Å². The summed E-state index contributed by atoms with van der Waals surface area (Å²) in [4.78, 5) is 24.2. The molecule has 1 aliphatic rings. The zero-order chi connectivity index (χ0) is 22.5. The zero-order valence-corrected chi connectivity index (χ0v) is 18.4. The maximum Gasteiger partial charge on any atom is 0.227 e. The Balaban J connectivity index is 1.59. The van der Waals surface area contributed by atoms with Gasteiger partial charge in [0.15, 0.2) is 11.6 Å². The summed E-state index contributed by atoms with van der Waals surface area (Å²) in [6.45, 7) is 4.65. The second kappa shape index (κ2) is 9.91. The summed E-state index contributed by atoms with van der Waals surface area (Å²) in [6, 6.07) is 7.13. The number of halogens is 1. The van der Waals surface area contributed by atoms with E-state index in [0.29, 0.717) is 24.8 Å². The van der Waals surface area contributed by atoms with Crippen molar-refractivity contribution in [3.8, 4) is 5.75 Å². The molecule has 0 aliphatic carbocycles. The molecule has 1 aliphatic heterocycles. The third-order valence-corrected chi connectivity index (χ3v) is 5.30. The van der Waals surface area contributed by atoms with E-state index in [4.69, 9.17) is 9.84 Å². The van der Waals surface area contributed by atoms with E-state index in [2.05, 4.69) is 15.3 Å². The van der Waals surface area contributed by atoms with Crippen molar-refractivity contribution in [1.82, 2.24) is 15.3 Å². The van der Waals surface area contributed by atoms with Crippen LogP contribution in [0, 0.1) is 5.82 Å². The Morgan fingerprint density at radius 2 is 2.06 bits per heavy atom.